The van der Waals surface area contributed by atoms with Gasteiger partial charge in [-0.1, -0.05) is 40.2 Å². The van der Waals surface area contributed by atoms with Crippen LogP contribution in [0.4, 0.5) is 13.2 Å². The molecule has 0 bridgehead atoms. The molecule has 1 N–H and O–H groups in total. The van der Waals surface area contributed by atoms with Crippen LogP contribution in [0, 0.1) is 5.82 Å². The molecule has 20 heavy (non-hydrogen) atoms. The molecule has 0 spiro atoms. The molecule has 0 aromatic heterocycles. The minimum atomic E-state index is -2.44. The first kappa shape index (κ1) is 15.1. The van der Waals surface area contributed by atoms with Gasteiger partial charge in [0.15, 0.2) is 0 Å². The van der Waals surface area contributed by atoms with Crippen LogP contribution in [-0.2, 0) is 13.1 Å². The highest BCUT2D eigenvalue weighted by molar-refractivity contribution is 9.10. The molecule has 0 unspecified atom stereocenters. The third-order valence-electron chi connectivity index (χ3n) is 2.88. The summed E-state index contributed by atoms with van der Waals surface area (Å²) in [5, 5.41) is 3.15. The summed E-state index contributed by atoms with van der Waals surface area (Å²) in [6.45, 7) is 1.03. The van der Waals surface area contributed by atoms with Crippen LogP contribution in [-0.4, -0.2) is 0 Å². The summed E-state index contributed by atoms with van der Waals surface area (Å²) in [7, 11) is 0. The third kappa shape index (κ3) is 4.08. The smallest absolute Gasteiger partial charge is 0.263 e. The Morgan fingerprint density at radius 3 is 2.35 bits per heavy atom. The molecule has 1 nitrogen and oxygen atoms in total. The lowest BCUT2D eigenvalue weighted by Crippen LogP contribution is -2.13. The molecule has 0 heterocycles. The molecular formula is C15H13BrF3N. The highest BCUT2D eigenvalue weighted by Crippen LogP contribution is 2.19. The van der Waals surface area contributed by atoms with Gasteiger partial charge < -0.3 is 5.32 Å². The maximum absolute atomic E-state index is 13.1. The van der Waals surface area contributed by atoms with E-state index >= 15 is 0 Å². The van der Waals surface area contributed by atoms with Crippen molar-refractivity contribution < 1.29 is 13.2 Å². The highest BCUT2D eigenvalue weighted by Gasteiger charge is 2.06. The summed E-state index contributed by atoms with van der Waals surface area (Å²) >= 11 is 3.35. The summed E-state index contributed by atoms with van der Waals surface area (Å²) in [4.78, 5) is 0. The van der Waals surface area contributed by atoms with Crippen molar-refractivity contribution in [1.29, 1.82) is 0 Å². The van der Waals surface area contributed by atoms with Gasteiger partial charge in [0.2, 0.25) is 0 Å². The fraction of sp³-hybridized carbons (Fsp3) is 0.200. The lowest BCUT2D eigenvalue weighted by atomic mass is 10.1. The van der Waals surface area contributed by atoms with E-state index in [2.05, 4.69) is 21.2 Å². The number of hydrogen-bond acceptors (Lipinski definition) is 1. The van der Waals surface area contributed by atoms with E-state index in [-0.39, 0.29) is 11.4 Å². The van der Waals surface area contributed by atoms with Gasteiger partial charge in [-0.2, -0.15) is 0 Å². The average Bonchev–Trinajstić information content (AvgIpc) is 2.43. The van der Waals surface area contributed by atoms with Crippen LogP contribution in [0.3, 0.4) is 0 Å². The number of rotatable bonds is 5. The van der Waals surface area contributed by atoms with Crippen molar-refractivity contribution in [3.8, 4) is 0 Å². The Balaban J connectivity index is 1.91. The zero-order chi connectivity index (χ0) is 14.5. The SMILES string of the molecule is Fc1ccc(Br)c(CNCc2ccc(C(F)F)cc2)c1. The first-order chi connectivity index (χ1) is 9.56. The summed E-state index contributed by atoms with van der Waals surface area (Å²) in [6.07, 6.45) is -2.44. The summed E-state index contributed by atoms with van der Waals surface area (Å²) in [5.41, 5.74) is 1.73. The van der Waals surface area contributed by atoms with Crippen molar-refractivity contribution in [2.24, 2.45) is 0 Å². The zero-order valence-corrected chi connectivity index (χ0v) is 12.1. The Morgan fingerprint density at radius 2 is 1.70 bits per heavy atom. The summed E-state index contributed by atoms with van der Waals surface area (Å²) in [6, 6.07) is 10.7. The van der Waals surface area contributed by atoms with Gasteiger partial charge in [0.25, 0.3) is 6.43 Å². The van der Waals surface area contributed by atoms with Crippen molar-refractivity contribution in [2.45, 2.75) is 19.5 Å². The zero-order valence-electron chi connectivity index (χ0n) is 10.5. The van der Waals surface area contributed by atoms with Gasteiger partial charge in [-0.3, -0.25) is 0 Å². The second-order valence-electron chi connectivity index (χ2n) is 4.38. The lowest BCUT2D eigenvalue weighted by Gasteiger charge is -2.08. The van der Waals surface area contributed by atoms with Gasteiger partial charge >= 0.3 is 0 Å². The molecule has 0 radical (unpaired) electrons. The van der Waals surface area contributed by atoms with E-state index in [0.717, 1.165) is 15.6 Å². The number of hydrogen-bond donors (Lipinski definition) is 1. The van der Waals surface area contributed by atoms with E-state index < -0.39 is 6.43 Å². The van der Waals surface area contributed by atoms with Crippen LogP contribution in [0.5, 0.6) is 0 Å². The molecule has 0 aliphatic carbocycles. The minimum absolute atomic E-state index is 0.0154. The third-order valence-corrected chi connectivity index (χ3v) is 3.66. The highest BCUT2D eigenvalue weighted by atomic mass is 79.9. The van der Waals surface area contributed by atoms with E-state index in [4.69, 9.17) is 0 Å². The molecule has 0 aliphatic rings. The topological polar surface area (TPSA) is 12.0 Å². The number of benzene rings is 2. The molecule has 2 aromatic carbocycles. The molecule has 0 amide bonds. The van der Waals surface area contributed by atoms with Crippen LogP contribution >= 0.6 is 15.9 Å². The number of alkyl halides is 2. The Kier molecular flexibility index (Phi) is 5.20. The number of nitrogens with one attached hydrogen (secondary N) is 1. The fourth-order valence-corrected chi connectivity index (χ4v) is 2.19. The van der Waals surface area contributed by atoms with Crippen LogP contribution in [0.2, 0.25) is 0 Å². The molecule has 5 heteroatoms. The van der Waals surface area contributed by atoms with Crippen molar-refractivity contribution >= 4 is 15.9 Å². The second-order valence-corrected chi connectivity index (χ2v) is 5.24. The van der Waals surface area contributed by atoms with E-state index in [0.29, 0.717) is 13.1 Å². The Bertz CT molecular complexity index is 570. The lowest BCUT2D eigenvalue weighted by molar-refractivity contribution is 0.151. The van der Waals surface area contributed by atoms with Gasteiger partial charge in [-0.15, -0.1) is 0 Å². The molecular weight excluding hydrogens is 331 g/mol. The molecule has 0 fully saturated rings. The van der Waals surface area contributed by atoms with E-state index in [9.17, 15) is 13.2 Å². The standard InChI is InChI=1S/C15H13BrF3N/c16-14-6-5-13(17)7-12(14)9-20-8-10-1-3-11(4-2-10)15(18)19/h1-7,15,20H,8-9H2. The minimum Gasteiger partial charge on any atom is -0.309 e. The van der Waals surface area contributed by atoms with Gasteiger partial charge in [0.05, 0.1) is 0 Å². The largest absolute Gasteiger partial charge is 0.309 e. The first-order valence-electron chi connectivity index (χ1n) is 6.08. The fourth-order valence-electron chi connectivity index (χ4n) is 1.80. The van der Waals surface area contributed by atoms with Gasteiger partial charge in [0.1, 0.15) is 5.82 Å². The van der Waals surface area contributed by atoms with E-state index in [1.165, 1.54) is 24.3 Å². The summed E-state index contributed by atoms with van der Waals surface area (Å²) < 4.78 is 38.7. The maximum atomic E-state index is 13.1. The Labute approximate surface area is 123 Å². The molecule has 2 aromatic rings. The molecule has 2 rings (SSSR count). The molecule has 0 saturated heterocycles. The van der Waals surface area contributed by atoms with Crippen LogP contribution in [0.15, 0.2) is 46.9 Å². The molecule has 106 valence electrons. The quantitative estimate of drug-likeness (QED) is 0.820. The normalized spacial score (nSPS) is 11.1. The van der Waals surface area contributed by atoms with Crippen LogP contribution in [0.1, 0.15) is 23.1 Å². The predicted octanol–water partition coefficient (Wildman–Crippen LogP) is 4.82. The van der Waals surface area contributed by atoms with Crippen molar-refractivity contribution in [3.05, 3.63) is 69.4 Å². The molecule has 0 aliphatic heterocycles. The first-order valence-corrected chi connectivity index (χ1v) is 6.87. The van der Waals surface area contributed by atoms with Crippen LogP contribution < -0.4 is 5.32 Å². The number of halogens is 4. The Morgan fingerprint density at radius 1 is 1.00 bits per heavy atom. The average molecular weight is 344 g/mol. The van der Waals surface area contributed by atoms with Crippen molar-refractivity contribution in [3.63, 3.8) is 0 Å². The molecule has 0 saturated carbocycles. The maximum Gasteiger partial charge on any atom is 0.263 e. The van der Waals surface area contributed by atoms with Crippen LogP contribution in [0.25, 0.3) is 0 Å². The monoisotopic (exact) mass is 343 g/mol. The van der Waals surface area contributed by atoms with E-state index in [1.807, 2.05) is 0 Å². The van der Waals surface area contributed by atoms with Crippen molar-refractivity contribution in [2.75, 3.05) is 0 Å². The summed E-state index contributed by atoms with van der Waals surface area (Å²) in [5.74, 6) is -0.286. The van der Waals surface area contributed by atoms with Crippen molar-refractivity contribution in [1.82, 2.24) is 5.32 Å². The van der Waals surface area contributed by atoms with Gasteiger partial charge in [-0.05, 0) is 29.3 Å². The Hall–Kier alpha value is -1.33. The van der Waals surface area contributed by atoms with Gasteiger partial charge in [-0.25, -0.2) is 13.2 Å². The molecule has 0 atom stereocenters. The van der Waals surface area contributed by atoms with Gasteiger partial charge in [0, 0.05) is 23.1 Å². The predicted molar refractivity (Wildman–Crippen MR) is 76.0 cm³/mol. The van der Waals surface area contributed by atoms with E-state index in [1.54, 1.807) is 18.2 Å². The second kappa shape index (κ2) is 6.90.